The van der Waals surface area contributed by atoms with Crippen LogP contribution in [-0.4, -0.2) is 37.5 Å². The number of primary sulfonamides is 1. The maximum absolute atomic E-state index is 13.6. The molecule has 0 bridgehead atoms. The van der Waals surface area contributed by atoms with E-state index in [1.165, 1.54) is 12.1 Å². The number of nitrogens with zero attached hydrogens (tertiary/aromatic N) is 2. The van der Waals surface area contributed by atoms with E-state index in [1.54, 1.807) is 38.4 Å². The first kappa shape index (κ1) is 24.2. The average molecular weight is 517 g/mol. The van der Waals surface area contributed by atoms with Gasteiger partial charge in [0.05, 0.1) is 29.3 Å². The molecule has 3 aromatic carbocycles. The molecule has 1 amide bonds. The van der Waals surface area contributed by atoms with E-state index in [1.807, 2.05) is 36.4 Å². The molecule has 1 unspecified atom stereocenters. The molecule has 0 fully saturated rings. The highest BCUT2D eigenvalue weighted by Gasteiger charge is 2.30. The number of hydrogen-bond acceptors (Lipinski definition) is 7. The number of benzene rings is 3. The van der Waals surface area contributed by atoms with E-state index in [9.17, 15) is 13.2 Å². The fourth-order valence-electron chi connectivity index (χ4n) is 4.17. The number of amidine groups is 1. The van der Waals surface area contributed by atoms with E-state index >= 15 is 0 Å². The molecule has 2 heterocycles. The summed E-state index contributed by atoms with van der Waals surface area (Å²) in [6, 6.07) is 18.2. The Bertz CT molecular complexity index is 1660. The number of aromatic nitrogens is 2. The normalized spacial score (nSPS) is 15.8. The molecule has 0 radical (unpaired) electrons. The molecule has 1 aliphatic rings. The van der Waals surface area contributed by atoms with Crippen LogP contribution in [0.15, 0.2) is 94.1 Å². The zero-order valence-electron chi connectivity index (χ0n) is 20.0. The quantitative estimate of drug-likeness (QED) is 0.309. The van der Waals surface area contributed by atoms with E-state index in [4.69, 9.17) is 14.9 Å². The van der Waals surface area contributed by atoms with Crippen LogP contribution in [0.2, 0.25) is 0 Å². The zero-order chi connectivity index (χ0) is 26.2. The minimum atomic E-state index is -3.86. The van der Waals surface area contributed by atoms with Crippen LogP contribution in [0.1, 0.15) is 24.1 Å². The van der Waals surface area contributed by atoms with Crippen LogP contribution in [0.4, 0.5) is 5.69 Å². The van der Waals surface area contributed by atoms with Crippen LogP contribution in [-0.2, 0) is 14.8 Å². The van der Waals surface area contributed by atoms with Crippen molar-refractivity contribution in [3.63, 3.8) is 0 Å². The van der Waals surface area contributed by atoms with E-state index in [0.717, 1.165) is 16.5 Å². The van der Waals surface area contributed by atoms with Crippen molar-refractivity contribution < 1.29 is 17.9 Å². The maximum Gasteiger partial charge on any atom is 0.255 e. The summed E-state index contributed by atoms with van der Waals surface area (Å²) in [4.78, 5) is 18.4. The third-order valence-electron chi connectivity index (χ3n) is 6.07. The molecule has 1 aliphatic heterocycles. The largest absolute Gasteiger partial charge is 0.497 e. The minimum Gasteiger partial charge on any atom is -0.497 e. The molecule has 188 valence electrons. The molecule has 5 rings (SSSR count). The molecule has 37 heavy (non-hydrogen) atoms. The highest BCUT2D eigenvalue weighted by atomic mass is 32.2. The van der Waals surface area contributed by atoms with Crippen LogP contribution < -0.4 is 20.5 Å². The number of carbonyl (C=O) groups is 1. The van der Waals surface area contributed by atoms with Crippen LogP contribution in [0.25, 0.3) is 10.9 Å². The first-order valence-electron chi connectivity index (χ1n) is 11.3. The number of anilines is 1. The molecule has 0 saturated heterocycles. The number of carbonyl (C=O) groups excluding carboxylic acids is 1. The summed E-state index contributed by atoms with van der Waals surface area (Å²) in [6.45, 7) is 1.80. The van der Waals surface area contributed by atoms with Crippen molar-refractivity contribution in [1.29, 1.82) is 0 Å². The molecular formula is C26H24N6O4S. The topological polar surface area (TPSA) is 152 Å². The number of methoxy groups -OCH3 is 1. The number of hydrogen-bond donors (Lipinski definition) is 4. The maximum atomic E-state index is 13.6. The van der Waals surface area contributed by atoms with Gasteiger partial charge in [-0.05, 0) is 67.1 Å². The average Bonchev–Trinajstić information content (AvgIpc) is 3.36. The third-order valence-corrected chi connectivity index (χ3v) is 7.00. The van der Waals surface area contributed by atoms with Gasteiger partial charge in [0.2, 0.25) is 10.0 Å². The fraction of sp³-hybridized carbons (Fsp3) is 0.115. The Morgan fingerprint density at radius 3 is 2.46 bits per heavy atom. The fourth-order valence-corrected chi connectivity index (χ4v) is 4.68. The van der Waals surface area contributed by atoms with Crippen LogP contribution in [0, 0.1) is 0 Å². The van der Waals surface area contributed by atoms with Crippen molar-refractivity contribution in [2.24, 2.45) is 10.1 Å². The van der Waals surface area contributed by atoms with E-state index in [-0.39, 0.29) is 10.8 Å². The van der Waals surface area contributed by atoms with Gasteiger partial charge in [-0.1, -0.05) is 12.1 Å². The zero-order valence-corrected chi connectivity index (χ0v) is 20.8. The first-order chi connectivity index (χ1) is 17.7. The number of ether oxygens (including phenoxy) is 1. The van der Waals surface area contributed by atoms with Crippen molar-refractivity contribution in [2.45, 2.75) is 17.9 Å². The number of H-pyrrole nitrogens is 1. The Labute approximate surface area is 213 Å². The van der Waals surface area contributed by atoms with E-state index < -0.39 is 16.1 Å². The van der Waals surface area contributed by atoms with E-state index in [0.29, 0.717) is 34.1 Å². The van der Waals surface area contributed by atoms with Gasteiger partial charge in [0, 0.05) is 22.3 Å². The number of sulfonamides is 1. The van der Waals surface area contributed by atoms with Gasteiger partial charge >= 0.3 is 0 Å². The predicted molar refractivity (Wildman–Crippen MR) is 141 cm³/mol. The molecule has 4 aromatic rings. The summed E-state index contributed by atoms with van der Waals surface area (Å²) in [5.41, 5.74) is 3.91. The Morgan fingerprint density at radius 2 is 1.78 bits per heavy atom. The molecule has 1 atom stereocenters. The Kier molecular flexibility index (Phi) is 6.24. The second kappa shape index (κ2) is 9.52. The first-order valence-corrected chi connectivity index (χ1v) is 12.8. The van der Waals surface area contributed by atoms with Crippen LogP contribution >= 0.6 is 0 Å². The number of amides is 1. The van der Waals surface area contributed by atoms with Gasteiger partial charge in [0.1, 0.15) is 17.6 Å². The number of aromatic amines is 1. The van der Waals surface area contributed by atoms with Gasteiger partial charge in [-0.15, -0.1) is 0 Å². The minimum absolute atomic E-state index is 0.0235. The van der Waals surface area contributed by atoms with Crippen LogP contribution in [0.3, 0.4) is 0 Å². The molecule has 1 aromatic heterocycles. The van der Waals surface area contributed by atoms with Gasteiger partial charge < -0.3 is 15.4 Å². The summed E-state index contributed by atoms with van der Waals surface area (Å²) in [5, 5.41) is 19.2. The lowest BCUT2D eigenvalue weighted by molar-refractivity contribution is -0.113. The SMILES string of the molecule is COc1ccc(C2=NC(c3ccc(S(N)(=O)=O)cc3)C(C(=O)Nc3ccc4[nH]ncc4c3)=C(C)N2)cc1. The van der Waals surface area contributed by atoms with Crippen molar-refractivity contribution in [3.05, 3.63) is 95.3 Å². The molecule has 10 nitrogen and oxygen atoms in total. The number of fused-ring (bicyclic) bond motifs is 1. The lowest BCUT2D eigenvalue weighted by atomic mass is 9.94. The number of rotatable bonds is 6. The second-order valence-corrected chi connectivity index (χ2v) is 10.1. The summed E-state index contributed by atoms with van der Waals surface area (Å²) in [6.07, 6.45) is 1.68. The van der Waals surface area contributed by atoms with E-state index in [2.05, 4.69) is 20.8 Å². The third kappa shape index (κ3) is 4.95. The molecule has 11 heteroatoms. The predicted octanol–water partition coefficient (Wildman–Crippen LogP) is 3.22. The number of nitrogens with one attached hydrogen (secondary N) is 3. The Balaban J connectivity index is 1.53. The smallest absolute Gasteiger partial charge is 0.255 e. The highest BCUT2D eigenvalue weighted by Crippen LogP contribution is 2.33. The standard InChI is InChI=1S/C26H24N6O4S/c1-15-23(26(33)30-19-7-12-22-18(13-19)14-28-32-22)24(16-5-10-21(11-6-16)37(27,34)35)31-25(29-15)17-3-8-20(36-2)9-4-17/h3-14,24H,1-2H3,(H,28,32)(H,29,31)(H,30,33)(H2,27,34,35). The number of allylic oxidation sites excluding steroid dienone is 1. The molecule has 0 saturated carbocycles. The van der Waals surface area contributed by atoms with Crippen molar-refractivity contribution in [3.8, 4) is 5.75 Å². The number of aliphatic imine (C=N–C) groups is 1. The summed E-state index contributed by atoms with van der Waals surface area (Å²) >= 11 is 0. The lowest BCUT2D eigenvalue weighted by Crippen LogP contribution is -2.34. The van der Waals surface area contributed by atoms with Crippen molar-refractivity contribution in [2.75, 3.05) is 12.4 Å². The Hall–Kier alpha value is -4.48. The van der Waals surface area contributed by atoms with Gasteiger partial charge in [-0.2, -0.15) is 5.10 Å². The van der Waals surface area contributed by atoms with Gasteiger partial charge in [-0.25, -0.2) is 13.6 Å². The lowest BCUT2D eigenvalue weighted by Gasteiger charge is -2.27. The monoisotopic (exact) mass is 516 g/mol. The van der Waals surface area contributed by atoms with Gasteiger partial charge in [0.15, 0.2) is 0 Å². The Morgan fingerprint density at radius 1 is 1.05 bits per heavy atom. The molecular weight excluding hydrogens is 492 g/mol. The van der Waals surface area contributed by atoms with Crippen molar-refractivity contribution >= 4 is 38.4 Å². The molecule has 0 spiro atoms. The molecule has 0 aliphatic carbocycles. The highest BCUT2D eigenvalue weighted by molar-refractivity contribution is 7.89. The van der Waals surface area contributed by atoms with Gasteiger partial charge in [-0.3, -0.25) is 14.9 Å². The summed E-state index contributed by atoms with van der Waals surface area (Å²) < 4.78 is 28.8. The molecule has 5 N–H and O–H groups in total. The van der Waals surface area contributed by atoms with Crippen LogP contribution in [0.5, 0.6) is 5.75 Å². The van der Waals surface area contributed by atoms with Crippen molar-refractivity contribution in [1.82, 2.24) is 15.5 Å². The second-order valence-electron chi connectivity index (χ2n) is 8.51. The summed E-state index contributed by atoms with van der Waals surface area (Å²) in [7, 11) is -2.27. The van der Waals surface area contributed by atoms with Gasteiger partial charge in [0.25, 0.3) is 5.91 Å². The number of nitrogens with two attached hydrogens (primary N) is 1. The summed E-state index contributed by atoms with van der Waals surface area (Å²) in [5.74, 6) is 0.931.